The number of furan rings is 1. The van der Waals surface area contributed by atoms with E-state index in [-0.39, 0.29) is 10.8 Å². The van der Waals surface area contributed by atoms with E-state index in [4.69, 9.17) is 14.5 Å². The van der Waals surface area contributed by atoms with Crippen LogP contribution in [0.2, 0.25) is 0 Å². The van der Waals surface area contributed by atoms with Crippen LogP contribution in [0.5, 0.6) is 0 Å². The second kappa shape index (κ2) is 9.77. The molecule has 0 saturated carbocycles. The maximum atomic E-state index is 11.6. The lowest BCUT2D eigenvalue weighted by atomic mass is 10.2. The molecular formula is C20H27N5O4S. The minimum Gasteiger partial charge on any atom is -0.469 e. The highest BCUT2D eigenvalue weighted by atomic mass is 32.2. The number of nitrogens with one attached hydrogen (secondary N) is 1. The summed E-state index contributed by atoms with van der Waals surface area (Å²) in [5, 5.41) is 8.52. The highest BCUT2D eigenvalue weighted by Gasteiger charge is 2.21. The Morgan fingerprint density at radius 2 is 1.80 bits per heavy atom. The number of hydrogen-bond acceptors (Lipinski definition) is 5. The molecule has 0 spiro atoms. The summed E-state index contributed by atoms with van der Waals surface area (Å²) in [7, 11) is -3.71. The minimum atomic E-state index is -3.71. The molecule has 1 saturated heterocycles. The zero-order valence-electron chi connectivity index (χ0n) is 17.0. The van der Waals surface area contributed by atoms with Crippen molar-refractivity contribution in [2.75, 3.05) is 32.7 Å². The number of nitrogens with zero attached hydrogens (tertiary/aromatic N) is 3. The normalized spacial score (nSPS) is 15.3. The van der Waals surface area contributed by atoms with E-state index in [0.717, 1.165) is 23.7 Å². The minimum absolute atomic E-state index is 0.0763. The molecular weight excluding hydrogens is 406 g/mol. The lowest BCUT2D eigenvalue weighted by molar-refractivity contribution is -0.130. The van der Waals surface area contributed by atoms with Gasteiger partial charge in [-0.2, -0.15) is 0 Å². The van der Waals surface area contributed by atoms with Crippen LogP contribution in [0.15, 0.2) is 57.0 Å². The molecule has 1 aromatic carbocycles. The van der Waals surface area contributed by atoms with Crippen LogP contribution in [0, 0.1) is 0 Å². The van der Waals surface area contributed by atoms with Crippen molar-refractivity contribution in [3.05, 3.63) is 54.0 Å². The van der Waals surface area contributed by atoms with Gasteiger partial charge in [-0.1, -0.05) is 12.1 Å². The third-order valence-corrected chi connectivity index (χ3v) is 5.85. The Labute approximate surface area is 176 Å². The predicted octanol–water partition coefficient (Wildman–Crippen LogP) is 0.779. The first-order valence-electron chi connectivity index (χ1n) is 9.76. The Bertz CT molecular complexity index is 963. The van der Waals surface area contributed by atoms with E-state index in [1.165, 1.54) is 12.1 Å². The van der Waals surface area contributed by atoms with Crippen molar-refractivity contribution in [3.8, 4) is 0 Å². The van der Waals surface area contributed by atoms with E-state index in [0.29, 0.717) is 39.3 Å². The monoisotopic (exact) mass is 433 g/mol. The van der Waals surface area contributed by atoms with Crippen LogP contribution < -0.4 is 10.5 Å². The highest BCUT2D eigenvalue weighted by Crippen LogP contribution is 2.10. The molecule has 162 valence electrons. The average Bonchev–Trinajstić information content (AvgIpc) is 3.24. The van der Waals surface area contributed by atoms with Gasteiger partial charge in [-0.25, -0.2) is 18.5 Å². The smallest absolute Gasteiger partial charge is 0.238 e. The van der Waals surface area contributed by atoms with Crippen LogP contribution in [0.4, 0.5) is 0 Å². The molecule has 0 bridgehead atoms. The second-order valence-corrected chi connectivity index (χ2v) is 8.64. The fraction of sp³-hybridized carbons (Fsp3) is 0.400. The molecule has 1 fully saturated rings. The zero-order valence-corrected chi connectivity index (χ0v) is 17.8. The van der Waals surface area contributed by atoms with Crippen molar-refractivity contribution in [3.63, 3.8) is 0 Å². The summed E-state index contributed by atoms with van der Waals surface area (Å²) in [5.74, 6) is 1.72. The van der Waals surface area contributed by atoms with E-state index in [9.17, 15) is 13.2 Å². The highest BCUT2D eigenvalue weighted by molar-refractivity contribution is 7.89. The molecule has 1 amide bonds. The fourth-order valence-corrected chi connectivity index (χ4v) is 3.72. The number of aliphatic imine (C=N–C) groups is 1. The zero-order chi connectivity index (χ0) is 21.6. The van der Waals surface area contributed by atoms with Gasteiger partial charge in [0.05, 0.1) is 17.7 Å². The number of carbonyl (C=O) groups is 1. The van der Waals surface area contributed by atoms with Gasteiger partial charge in [-0.05, 0) is 29.8 Å². The number of carbonyl (C=O) groups excluding carboxylic acids is 1. The van der Waals surface area contributed by atoms with Crippen molar-refractivity contribution in [1.82, 2.24) is 15.1 Å². The van der Waals surface area contributed by atoms with Gasteiger partial charge in [0.15, 0.2) is 5.96 Å². The van der Waals surface area contributed by atoms with E-state index >= 15 is 0 Å². The number of rotatable bonds is 6. The first-order chi connectivity index (χ1) is 14.3. The standard InChI is InChI=1S/C20H27N5O4S/c1-16(26)24-10-12-25(13-11-24)20(22-9-8-18-3-2-14-29-18)23-15-17-4-6-19(7-5-17)30(21,27)28/h2-7,14H,8-13,15H2,1H3,(H,22,23)(H2,21,27,28). The lowest BCUT2D eigenvalue weighted by Crippen LogP contribution is -2.53. The number of piperazine rings is 1. The Hall–Kier alpha value is -2.85. The van der Waals surface area contributed by atoms with Gasteiger partial charge >= 0.3 is 0 Å². The van der Waals surface area contributed by atoms with E-state index in [1.807, 2.05) is 17.0 Å². The Morgan fingerprint density at radius 1 is 1.13 bits per heavy atom. The van der Waals surface area contributed by atoms with Crippen molar-refractivity contribution in [1.29, 1.82) is 0 Å². The van der Waals surface area contributed by atoms with E-state index in [1.54, 1.807) is 25.3 Å². The molecule has 0 radical (unpaired) electrons. The maximum Gasteiger partial charge on any atom is 0.238 e. The van der Waals surface area contributed by atoms with Gasteiger partial charge < -0.3 is 19.5 Å². The molecule has 0 aliphatic carbocycles. The topological polar surface area (TPSA) is 121 Å². The molecule has 0 atom stereocenters. The third-order valence-electron chi connectivity index (χ3n) is 4.92. The number of guanidine groups is 1. The van der Waals surface area contributed by atoms with Crippen LogP contribution in [0.3, 0.4) is 0 Å². The summed E-state index contributed by atoms with van der Waals surface area (Å²) in [6.45, 7) is 5.31. The maximum absolute atomic E-state index is 11.6. The summed E-state index contributed by atoms with van der Waals surface area (Å²) >= 11 is 0. The molecule has 10 heteroatoms. The molecule has 1 aromatic heterocycles. The number of hydrogen-bond donors (Lipinski definition) is 2. The van der Waals surface area contributed by atoms with Crippen LogP contribution >= 0.6 is 0 Å². The first-order valence-corrected chi connectivity index (χ1v) is 11.3. The summed E-state index contributed by atoms with van der Waals surface area (Å²) in [6, 6.07) is 10.2. The number of sulfonamides is 1. The lowest BCUT2D eigenvalue weighted by Gasteiger charge is -2.36. The number of primary sulfonamides is 1. The van der Waals surface area contributed by atoms with Crippen LogP contribution in [0.1, 0.15) is 18.2 Å². The Balaban J connectivity index is 1.67. The fourth-order valence-electron chi connectivity index (χ4n) is 3.20. The molecule has 30 heavy (non-hydrogen) atoms. The SMILES string of the molecule is CC(=O)N1CCN(C(=NCc2ccc(S(N)(=O)=O)cc2)NCCc2ccco2)CC1. The largest absolute Gasteiger partial charge is 0.469 e. The van der Waals surface area contributed by atoms with Crippen LogP contribution in [-0.2, 0) is 27.8 Å². The summed E-state index contributed by atoms with van der Waals surface area (Å²) < 4.78 is 28.2. The molecule has 1 aliphatic rings. The van der Waals surface area contributed by atoms with Gasteiger partial charge in [0.25, 0.3) is 0 Å². The number of nitrogens with two attached hydrogens (primary N) is 1. The molecule has 2 heterocycles. The summed E-state index contributed by atoms with van der Waals surface area (Å²) in [4.78, 5) is 20.3. The second-order valence-electron chi connectivity index (χ2n) is 7.08. The molecule has 2 aromatic rings. The van der Waals surface area contributed by atoms with Gasteiger partial charge in [-0.15, -0.1) is 0 Å². The van der Waals surface area contributed by atoms with Crippen molar-refractivity contribution < 1.29 is 17.6 Å². The number of benzene rings is 1. The van der Waals surface area contributed by atoms with Gasteiger partial charge in [0.2, 0.25) is 15.9 Å². The van der Waals surface area contributed by atoms with E-state index < -0.39 is 10.0 Å². The van der Waals surface area contributed by atoms with Crippen LogP contribution in [-0.4, -0.2) is 62.8 Å². The van der Waals surface area contributed by atoms with Crippen molar-refractivity contribution in [2.24, 2.45) is 10.1 Å². The van der Waals surface area contributed by atoms with Crippen LogP contribution in [0.25, 0.3) is 0 Å². The predicted molar refractivity (Wildman–Crippen MR) is 113 cm³/mol. The van der Waals surface area contributed by atoms with Gasteiger partial charge in [0, 0.05) is 46.1 Å². The first kappa shape index (κ1) is 21.8. The molecule has 9 nitrogen and oxygen atoms in total. The van der Waals surface area contributed by atoms with Gasteiger partial charge in [-0.3, -0.25) is 4.79 Å². The van der Waals surface area contributed by atoms with Crippen molar-refractivity contribution in [2.45, 2.75) is 24.8 Å². The summed E-state index contributed by atoms with van der Waals surface area (Å²) in [6.07, 6.45) is 2.37. The van der Waals surface area contributed by atoms with Gasteiger partial charge in [0.1, 0.15) is 5.76 Å². The summed E-state index contributed by atoms with van der Waals surface area (Å²) in [5.41, 5.74) is 0.870. The quantitative estimate of drug-likeness (QED) is 0.513. The molecule has 3 rings (SSSR count). The molecule has 1 aliphatic heterocycles. The number of amides is 1. The third kappa shape index (κ3) is 6.07. The molecule has 3 N–H and O–H groups in total. The Morgan fingerprint density at radius 3 is 2.37 bits per heavy atom. The average molecular weight is 434 g/mol. The van der Waals surface area contributed by atoms with E-state index in [2.05, 4.69) is 10.2 Å². The van der Waals surface area contributed by atoms with Crippen molar-refractivity contribution >= 4 is 21.9 Å². The Kier molecular flexibility index (Phi) is 7.11. The molecule has 0 unspecified atom stereocenters.